The zero-order valence-electron chi connectivity index (χ0n) is 23.3. The highest BCUT2D eigenvalue weighted by Gasteiger charge is 2.50. The van der Waals surface area contributed by atoms with E-state index in [2.05, 4.69) is 15.0 Å². The number of aromatic nitrogens is 3. The standard InChI is InChI=1S/C32H31F2N5O2/c1-20-4-8-25(18-27(20)34)39-29(26-11-5-21(2)35-22(26)3)19-28(36-39)31(41)37-16-13-32(14-17-37)30(40)12-15-38(32)24-9-6-23(33)7-10-24/h4-11,18-19H,12-17H2,1-3H3. The number of carbonyl (C=O) groups is 2. The Balaban J connectivity index is 1.30. The smallest absolute Gasteiger partial charge is 0.274 e. The molecule has 2 aliphatic rings. The van der Waals surface area contributed by atoms with Crippen LogP contribution in [0.3, 0.4) is 0 Å². The molecular formula is C32H31F2N5O2. The monoisotopic (exact) mass is 555 g/mol. The minimum Gasteiger partial charge on any atom is -0.358 e. The van der Waals surface area contributed by atoms with E-state index in [1.807, 2.05) is 26.0 Å². The first kappa shape index (κ1) is 26.8. The van der Waals surface area contributed by atoms with Crippen LogP contribution in [0.4, 0.5) is 14.5 Å². The van der Waals surface area contributed by atoms with Gasteiger partial charge in [-0.15, -0.1) is 0 Å². The second kappa shape index (κ2) is 10.2. The molecule has 0 atom stereocenters. The van der Waals surface area contributed by atoms with Crippen LogP contribution in [0, 0.1) is 32.4 Å². The van der Waals surface area contributed by atoms with Gasteiger partial charge in [0.15, 0.2) is 11.5 Å². The Bertz CT molecular complexity index is 1660. The fourth-order valence-corrected chi connectivity index (χ4v) is 6.14. The van der Waals surface area contributed by atoms with Crippen molar-refractivity contribution in [2.45, 2.75) is 45.6 Å². The normalized spacial score (nSPS) is 16.6. The fourth-order valence-electron chi connectivity index (χ4n) is 6.14. The molecule has 9 heteroatoms. The van der Waals surface area contributed by atoms with Gasteiger partial charge in [0.1, 0.15) is 17.2 Å². The first-order valence-corrected chi connectivity index (χ1v) is 13.8. The number of amides is 1. The fraction of sp³-hybridized carbons (Fsp3) is 0.312. The van der Waals surface area contributed by atoms with Gasteiger partial charge in [-0.3, -0.25) is 14.6 Å². The molecule has 0 bridgehead atoms. The Kier molecular flexibility index (Phi) is 6.68. The van der Waals surface area contributed by atoms with Crippen molar-refractivity contribution >= 4 is 17.4 Å². The second-order valence-corrected chi connectivity index (χ2v) is 11.0. The number of hydrogen-bond donors (Lipinski definition) is 0. The van der Waals surface area contributed by atoms with Gasteiger partial charge >= 0.3 is 0 Å². The number of aryl methyl sites for hydroxylation is 3. The first-order valence-electron chi connectivity index (χ1n) is 13.8. The minimum absolute atomic E-state index is 0.157. The molecule has 4 heterocycles. The van der Waals surface area contributed by atoms with Crippen molar-refractivity contribution < 1.29 is 18.4 Å². The third-order valence-corrected chi connectivity index (χ3v) is 8.44. The Hall–Kier alpha value is -4.40. The summed E-state index contributed by atoms with van der Waals surface area (Å²) < 4.78 is 29.7. The van der Waals surface area contributed by atoms with E-state index in [0.717, 1.165) is 22.6 Å². The molecule has 41 heavy (non-hydrogen) atoms. The molecule has 2 fully saturated rings. The number of rotatable bonds is 4. The maximum Gasteiger partial charge on any atom is 0.274 e. The van der Waals surface area contributed by atoms with Crippen molar-refractivity contribution in [2.24, 2.45) is 0 Å². The lowest BCUT2D eigenvalue weighted by Crippen LogP contribution is -2.56. The largest absolute Gasteiger partial charge is 0.358 e. The van der Waals surface area contributed by atoms with Gasteiger partial charge in [0.2, 0.25) is 0 Å². The third kappa shape index (κ3) is 4.69. The Morgan fingerprint density at radius 1 is 0.878 bits per heavy atom. The number of carbonyl (C=O) groups excluding carboxylic acids is 2. The van der Waals surface area contributed by atoms with Crippen LogP contribution >= 0.6 is 0 Å². The summed E-state index contributed by atoms with van der Waals surface area (Å²) in [6.45, 7) is 6.84. The highest BCUT2D eigenvalue weighted by molar-refractivity contribution is 5.97. The molecule has 4 aromatic rings. The van der Waals surface area contributed by atoms with Gasteiger partial charge in [-0.1, -0.05) is 6.07 Å². The number of ketones is 1. The SMILES string of the molecule is Cc1ccc(-c2cc(C(=O)N3CCC4(CC3)C(=O)CCN4c3ccc(F)cc3)nn2-c2ccc(C)c(F)c2)c(C)n1. The summed E-state index contributed by atoms with van der Waals surface area (Å²) in [5, 5.41) is 4.66. The minimum atomic E-state index is -0.705. The van der Waals surface area contributed by atoms with Crippen LogP contribution in [0.5, 0.6) is 0 Å². The highest BCUT2D eigenvalue weighted by Crippen LogP contribution is 2.40. The summed E-state index contributed by atoms with van der Waals surface area (Å²) in [7, 11) is 0. The lowest BCUT2D eigenvalue weighted by molar-refractivity contribution is -0.123. The lowest BCUT2D eigenvalue weighted by Gasteiger charge is -2.44. The molecule has 1 amide bonds. The van der Waals surface area contributed by atoms with Crippen LogP contribution < -0.4 is 4.90 Å². The molecule has 0 unspecified atom stereocenters. The average Bonchev–Trinajstić information content (AvgIpc) is 3.53. The van der Waals surface area contributed by atoms with Crippen LogP contribution in [0.15, 0.2) is 60.7 Å². The van der Waals surface area contributed by atoms with Crippen molar-refractivity contribution in [2.75, 3.05) is 24.5 Å². The van der Waals surface area contributed by atoms with Crippen LogP contribution in [0.1, 0.15) is 46.7 Å². The lowest BCUT2D eigenvalue weighted by atomic mass is 9.83. The summed E-state index contributed by atoms with van der Waals surface area (Å²) in [5.74, 6) is -0.769. The van der Waals surface area contributed by atoms with Gasteiger partial charge in [0, 0.05) is 48.7 Å². The predicted octanol–water partition coefficient (Wildman–Crippen LogP) is 5.59. The summed E-state index contributed by atoms with van der Waals surface area (Å²) in [6.07, 6.45) is 1.38. The number of pyridine rings is 1. The maximum absolute atomic E-state index is 14.6. The molecule has 2 aromatic carbocycles. The molecule has 6 rings (SSSR count). The van der Waals surface area contributed by atoms with Gasteiger partial charge in [-0.05, 0) is 93.8 Å². The zero-order chi connectivity index (χ0) is 28.9. The van der Waals surface area contributed by atoms with E-state index < -0.39 is 5.54 Å². The topological polar surface area (TPSA) is 71.3 Å². The van der Waals surface area contributed by atoms with E-state index in [1.165, 1.54) is 18.2 Å². The molecule has 1 spiro atoms. The number of nitrogens with zero attached hydrogens (tertiary/aromatic N) is 5. The van der Waals surface area contributed by atoms with E-state index in [0.29, 0.717) is 55.8 Å². The van der Waals surface area contributed by atoms with Crippen LogP contribution in [0.2, 0.25) is 0 Å². The molecule has 2 aliphatic heterocycles. The highest BCUT2D eigenvalue weighted by atomic mass is 19.1. The molecule has 0 aliphatic carbocycles. The van der Waals surface area contributed by atoms with Crippen molar-refractivity contribution in [3.63, 3.8) is 0 Å². The van der Waals surface area contributed by atoms with Crippen molar-refractivity contribution in [1.82, 2.24) is 19.7 Å². The molecule has 2 saturated heterocycles. The third-order valence-electron chi connectivity index (χ3n) is 8.44. The average molecular weight is 556 g/mol. The van der Waals surface area contributed by atoms with Gasteiger partial charge in [-0.2, -0.15) is 5.10 Å². The molecule has 0 saturated carbocycles. The van der Waals surface area contributed by atoms with Gasteiger partial charge in [0.25, 0.3) is 5.91 Å². The van der Waals surface area contributed by atoms with E-state index in [1.54, 1.807) is 46.8 Å². The molecule has 210 valence electrons. The van der Waals surface area contributed by atoms with Gasteiger partial charge in [-0.25, -0.2) is 13.5 Å². The molecule has 0 N–H and O–H groups in total. The van der Waals surface area contributed by atoms with Crippen molar-refractivity contribution in [3.8, 4) is 16.9 Å². The van der Waals surface area contributed by atoms with Gasteiger partial charge < -0.3 is 9.80 Å². The first-order chi connectivity index (χ1) is 19.7. The van der Waals surface area contributed by atoms with Crippen LogP contribution in [-0.4, -0.2) is 56.5 Å². The summed E-state index contributed by atoms with van der Waals surface area (Å²) in [5.41, 5.74) is 4.46. The number of hydrogen-bond acceptors (Lipinski definition) is 5. The molecular weight excluding hydrogens is 524 g/mol. The van der Waals surface area contributed by atoms with Crippen molar-refractivity contribution in [1.29, 1.82) is 0 Å². The summed E-state index contributed by atoms with van der Waals surface area (Å²) in [6, 6.07) is 16.7. The Morgan fingerprint density at radius 3 is 2.27 bits per heavy atom. The number of halogens is 2. The van der Waals surface area contributed by atoms with Gasteiger partial charge in [0.05, 0.1) is 11.4 Å². The number of anilines is 1. The molecule has 0 radical (unpaired) electrons. The number of likely N-dealkylation sites (tertiary alicyclic amines) is 1. The Labute approximate surface area is 237 Å². The van der Waals surface area contributed by atoms with Crippen LogP contribution in [0.25, 0.3) is 16.9 Å². The van der Waals surface area contributed by atoms with Crippen LogP contribution in [-0.2, 0) is 4.79 Å². The maximum atomic E-state index is 14.6. The zero-order valence-corrected chi connectivity index (χ0v) is 23.3. The second-order valence-electron chi connectivity index (χ2n) is 11.0. The molecule has 2 aromatic heterocycles. The van der Waals surface area contributed by atoms with Crippen molar-refractivity contribution in [3.05, 3.63) is 94.9 Å². The number of piperidine rings is 1. The predicted molar refractivity (Wildman–Crippen MR) is 152 cm³/mol. The number of Topliss-reactive ketones (excluding diaryl/α,β-unsaturated/α-hetero) is 1. The quantitative estimate of drug-likeness (QED) is 0.328. The Morgan fingerprint density at radius 2 is 1.59 bits per heavy atom. The van der Waals surface area contributed by atoms with E-state index in [9.17, 15) is 18.4 Å². The van der Waals surface area contributed by atoms with E-state index in [4.69, 9.17) is 0 Å². The van der Waals surface area contributed by atoms with E-state index in [-0.39, 0.29) is 29.0 Å². The summed E-state index contributed by atoms with van der Waals surface area (Å²) >= 11 is 0. The summed E-state index contributed by atoms with van der Waals surface area (Å²) in [4.78, 5) is 35.3. The molecule has 7 nitrogen and oxygen atoms in total. The number of benzene rings is 2. The van der Waals surface area contributed by atoms with E-state index >= 15 is 0 Å².